The first-order valence-electron chi connectivity index (χ1n) is 14.1. The number of hydrogen-bond donors (Lipinski definition) is 0. The van der Waals surface area contributed by atoms with Crippen LogP contribution in [0.25, 0.3) is 0 Å². The van der Waals surface area contributed by atoms with Crippen LogP contribution in [-0.2, 0) is 23.7 Å². The van der Waals surface area contributed by atoms with Gasteiger partial charge in [0.05, 0.1) is 0 Å². The Kier molecular flexibility index (Phi) is 28.1. The van der Waals surface area contributed by atoms with Gasteiger partial charge in [0.2, 0.25) is 0 Å². The van der Waals surface area contributed by atoms with E-state index < -0.39 is 0 Å². The molecule has 1 unspecified atom stereocenters. The third-order valence-corrected chi connectivity index (χ3v) is 11.6. The summed E-state index contributed by atoms with van der Waals surface area (Å²) in [5, 5.41) is 0. The Labute approximate surface area is 221 Å². The molecule has 0 saturated carbocycles. The van der Waals surface area contributed by atoms with E-state index >= 15 is 0 Å². The summed E-state index contributed by atoms with van der Waals surface area (Å²) in [7, 11) is 1.86. The van der Waals surface area contributed by atoms with Gasteiger partial charge >= 0.3 is 0 Å². The predicted octanol–water partition coefficient (Wildman–Crippen LogP) is 5.95. The number of hydrogen-bond acceptors (Lipinski definition) is 6. The van der Waals surface area contributed by atoms with Gasteiger partial charge in [-0.05, 0) is 97.3 Å². The van der Waals surface area contributed by atoms with Crippen molar-refractivity contribution in [2.45, 2.75) is 66.5 Å². The van der Waals surface area contributed by atoms with E-state index in [9.17, 15) is 0 Å². The number of rotatable bonds is 28. The minimum atomic E-state index is 0.00545. The van der Waals surface area contributed by atoms with Crippen LogP contribution in [0.4, 0.5) is 0 Å². The summed E-state index contributed by atoms with van der Waals surface area (Å²) in [5.74, 6) is 0. The van der Waals surface area contributed by atoms with Gasteiger partial charge in [0.15, 0.2) is 0 Å². The van der Waals surface area contributed by atoms with Gasteiger partial charge < -0.3 is 23.7 Å². The molecular weight excluding hydrogens is 480 g/mol. The summed E-state index contributed by atoms with van der Waals surface area (Å²) >= 11 is 0. The molecule has 1 atom stereocenters. The second kappa shape index (κ2) is 27.6. The average molecular weight is 540 g/mol. The van der Waals surface area contributed by atoms with Crippen LogP contribution in [0, 0.1) is 0 Å². The molecule has 0 radical (unpaired) electrons. The maximum absolute atomic E-state index is 5.79. The maximum Gasteiger partial charge on any atom is 0.107 e. The molecule has 0 aliphatic heterocycles. The fraction of sp³-hybridized carbons (Fsp3) is 1.00. The highest BCUT2D eigenvalue weighted by Gasteiger charge is 2.18. The molecule has 0 fully saturated rings. The molecule has 212 valence electrons. The Morgan fingerprint density at radius 1 is 0.543 bits per heavy atom. The van der Waals surface area contributed by atoms with E-state index in [0.29, 0.717) is 0 Å². The third-order valence-electron chi connectivity index (χ3n) is 6.13. The first-order chi connectivity index (χ1) is 17.1. The first-order valence-corrected chi connectivity index (χ1v) is 17.9. The Balaban J connectivity index is 4.79. The summed E-state index contributed by atoms with van der Waals surface area (Å²) < 4.78 is 28.2. The lowest BCUT2D eigenvalue weighted by molar-refractivity contribution is -0.0118. The van der Waals surface area contributed by atoms with Crippen molar-refractivity contribution in [3.63, 3.8) is 0 Å². The lowest BCUT2D eigenvalue weighted by Gasteiger charge is -2.31. The van der Waals surface area contributed by atoms with E-state index in [-0.39, 0.29) is 22.1 Å². The smallest absolute Gasteiger partial charge is 0.107 e. The summed E-state index contributed by atoms with van der Waals surface area (Å²) in [4.78, 5) is 2.58. The van der Waals surface area contributed by atoms with Crippen molar-refractivity contribution in [1.82, 2.24) is 4.90 Å². The highest BCUT2D eigenvalue weighted by molar-refractivity contribution is 7.57. The van der Waals surface area contributed by atoms with E-state index in [0.717, 1.165) is 65.9 Å². The molecular formula is C27H59NO5P2. The molecule has 0 bridgehead atoms. The minimum absolute atomic E-state index is 0.00545. The Morgan fingerprint density at radius 2 is 0.857 bits per heavy atom. The van der Waals surface area contributed by atoms with Gasteiger partial charge in [0.1, 0.15) is 6.23 Å². The topological polar surface area (TPSA) is 49.4 Å². The molecule has 0 aliphatic carbocycles. The highest BCUT2D eigenvalue weighted by atomic mass is 31.1. The normalized spacial score (nSPS) is 12.9. The number of nitrogens with zero attached hydrogens (tertiary/aromatic N) is 1. The van der Waals surface area contributed by atoms with E-state index in [1.807, 2.05) is 7.11 Å². The SMILES string of the molecule is CCOCCCP(CCCOCC)CCN(CCP(CCCOCC)CCCOCC)C(C)OC. The van der Waals surface area contributed by atoms with E-state index in [1.54, 1.807) is 0 Å². The van der Waals surface area contributed by atoms with Crippen molar-refractivity contribution in [2.75, 3.05) is 110 Å². The lowest BCUT2D eigenvalue weighted by atomic mass is 10.4. The predicted molar refractivity (Wildman–Crippen MR) is 156 cm³/mol. The molecule has 0 N–H and O–H groups in total. The zero-order chi connectivity index (χ0) is 26.0. The minimum Gasteiger partial charge on any atom is -0.382 e. The quantitative estimate of drug-likeness (QED) is 0.0696. The van der Waals surface area contributed by atoms with E-state index in [1.165, 1.54) is 62.7 Å². The van der Waals surface area contributed by atoms with Crippen molar-refractivity contribution in [3.8, 4) is 0 Å². The monoisotopic (exact) mass is 539 g/mol. The molecule has 0 aromatic heterocycles. The Morgan fingerprint density at radius 3 is 1.11 bits per heavy atom. The van der Waals surface area contributed by atoms with Gasteiger partial charge in [-0.15, -0.1) is 15.8 Å². The van der Waals surface area contributed by atoms with Crippen molar-refractivity contribution in [1.29, 1.82) is 0 Å². The van der Waals surface area contributed by atoms with Crippen LogP contribution in [0.3, 0.4) is 0 Å². The number of methoxy groups -OCH3 is 1. The van der Waals surface area contributed by atoms with Crippen LogP contribution in [0.5, 0.6) is 0 Å². The summed E-state index contributed by atoms with van der Waals surface area (Å²) in [6.45, 7) is 19.6. The molecule has 0 aromatic carbocycles. The molecule has 0 aromatic rings. The fourth-order valence-corrected chi connectivity index (χ4v) is 8.70. The van der Waals surface area contributed by atoms with Crippen LogP contribution in [0.2, 0.25) is 0 Å². The zero-order valence-electron chi connectivity index (χ0n) is 24.1. The largest absolute Gasteiger partial charge is 0.382 e. The van der Waals surface area contributed by atoms with Crippen molar-refractivity contribution >= 4 is 15.8 Å². The summed E-state index contributed by atoms with van der Waals surface area (Å²) in [6, 6.07) is 0. The molecule has 0 saturated heterocycles. The van der Waals surface area contributed by atoms with Gasteiger partial charge in [-0.25, -0.2) is 0 Å². The maximum atomic E-state index is 5.79. The van der Waals surface area contributed by atoms with Crippen LogP contribution < -0.4 is 0 Å². The number of ether oxygens (including phenoxy) is 5. The third kappa shape index (κ3) is 22.3. The molecule has 6 nitrogen and oxygen atoms in total. The van der Waals surface area contributed by atoms with Gasteiger partial charge in [-0.2, -0.15) is 0 Å². The van der Waals surface area contributed by atoms with E-state index in [2.05, 4.69) is 39.5 Å². The standard InChI is InChI=1S/C27H59NO5P2/c1-7-30-17-11-21-34(22-12-18-31-8-2)25-15-28(27(5)29-6)16-26-35(23-13-19-32-9-3)24-14-20-33-10-4/h27H,7-26H2,1-6H3. The van der Waals surface area contributed by atoms with Gasteiger partial charge in [-0.3, -0.25) is 4.90 Å². The molecule has 0 amide bonds. The molecule has 0 aliphatic rings. The first kappa shape index (κ1) is 35.6. The molecule has 0 spiro atoms. The second-order valence-electron chi connectivity index (χ2n) is 8.76. The Bertz CT molecular complexity index is 367. The summed E-state index contributed by atoms with van der Waals surface area (Å²) in [5.41, 5.74) is 0. The van der Waals surface area contributed by atoms with Crippen molar-refractivity contribution < 1.29 is 23.7 Å². The Hall–Kier alpha value is 0.620. The van der Waals surface area contributed by atoms with E-state index in [4.69, 9.17) is 23.7 Å². The molecule has 0 heterocycles. The van der Waals surface area contributed by atoms with Gasteiger partial charge in [0.25, 0.3) is 0 Å². The molecule has 0 rings (SSSR count). The lowest BCUT2D eigenvalue weighted by Crippen LogP contribution is -2.38. The highest BCUT2D eigenvalue weighted by Crippen LogP contribution is 2.39. The average Bonchev–Trinajstić information content (AvgIpc) is 2.87. The van der Waals surface area contributed by atoms with Crippen molar-refractivity contribution in [3.05, 3.63) is 0 Å². The van der Waals surface area contributed by atoms with Crippen LogP contribution in [-0.4, -0.2) is 121 Å². The molecule has 8 heteroatoms. The summed E-state index contributed by atoms with van der Waals surface area (Å²) in [6.07, 6.45) is 12.7. The second-order valence-corrected chi connectivity index (χ2v) is 14.1. The van der Waals surface area contributed by atoms with Gasteiger partial charge in [-0.1, -0.05) is 0 Å². The fourth-order valence-electron chi connectivity index (χ4n) is 3.97. The van der Waals surface area contributed by atoms with Crippen LogP contribution in [0.1, 0.15) is 60.3 Å². The van der Waals surface area contributed by atoms with Crippen LogP contribution in [0.15, 0.2) is 0 Å². The van der Waals surface area contributed by atoms with Crippen LogP contribution >= 0.6 is 15.8 Å². The molecule has 35 heavy (non-hydrogen) atoms. The van der Waals surface area contributed by atoms with Crippen molar-refractivity contribution in [2.24, 2.45) is 0 Å². The zero-order valence-corrected chi connectivity index (χ0v) is 25.9. The van der Waals surface area contributed by atoms with Gasteiger partial charge in [0, 0.05) is 73.1 Å².